The quantitative estimate of drug-likeness (QED) is 0.318. The number of carbonyl (C=O) groups excluding carboxylic acids is 4. The minimum Gasteiger partial charge on any atom is -0.508 e. The molecule has 2 rings (SSSR count). The van der Waals surface area contributed by atoms with Gasteiger partial charge in [-0.3, -0.25) is 19.3 Å². The minimum absolute atomic E-state index is 0.0152. The van der Waals surface area contributed by atoms with Gasteiger partial charge < -0.3 is 26.2 Å². The van der Waals surface area contributed by atoms with E-state index >= 15 is 0 Å². The van der Waals surface area contributed by atoms with Gasteiger partial charge in [-0.1, -0.05) is 30.7 Å². The zero-order valence-corrected chi connectivity index (χ0v) is 21.5. The lowest BCUT2D eigenvalue weighted by Crippen LogP contribution is -2.52. The second-order valence-corrected chi connectivity index (χ2v) is 9.46. The number of aryl methyl sites for hydroxylation is 2. The monoisotopic (exact) mass is 508 g/mol. The smallest absolute Gasteiger partial charge is 0.408 e. The number of phenolic OH excluding ortho intramolecular Hbond substituents is 1. The summed E-state index contributed by atoms with van der Waals surface area (Å²) in [6.07, 6.45) is 4.15. The molecule has 0 radical (unpaired) electrons. The van der Waals surface area contributed by atoms with Crippen molar-refractivity contribution >= 4 is 29.5 Å². The molecule has 0 aliphatic rings. The Balaban J connectivity index is 2.52. The number of rotatable bonds is 8. The Morgan fingerprint density at radius 1 is 1.11 bits per heavy atom. The van der Waals surface area contributed by atoms with E-state index in [0.29, 0.717) is 16.8 Å². The van der Waals surface area contributed by atoms with Gasteiger partial charge in [0, 0.05) is 11.7 Å². The third-order valence-electron chi connectivity index (χ3n) is 5.22. The Morgan fingerprint density at radius 3 is 2.30 bits per heavy atom. The number of ether oxygens (including phenoxy) is 1. The average molecular weight is 509 g/mol. The summed E-state index contributed by atoms with van der Waals surface area (Å²) in [6.45, 7) is 8.31. The second kappa shape index (κ2) is 11.9. The number of nitrogens with zero attached hydrogens (tertiary/aromatic N) is 1. The van der Waals surface area contributed by atoms with Gasteiger partial charge in [0.2, 0.25) is 5.91 Å². The van der Waals surface area contributed by atoms with E-state index in [4.69, 9.17) is 16.9 Å². The molecule has 0 bridgehead atoms. The van der Waals surface area contributed by atoms with E-state index in [0.717, 1.165) is 10.5 Å². The normalized spacial score (nSPS) is 12.4. The van der Waals surface area contributed by atoms with Crippen LogP contribution < -0.4 is 16.4 Å². The summed E-state index contributed by atoms with van der Waals surface area (Å²) in [6, 6.07) is 10.7. The maximum absolute atomic E-state index is 13.6. The maximum atomic E-state index is 13.6. The highest BCUT2D eigenvalue weighted by Gasteiger charge is 2.37. The molecule has 0 heterocycles. The fourth-order valence-corrected chi connectivity index (χ4v) is 3.47. The zero-order chi connectivity index (χ0) is 27.9. The summed E-state index contributed by atoms with van der Waals surface area (Å²) in [5.74, 6) is -2.48. The Morgan fingerprint density at radius 2 is 1.76 bits per heavy atom. The summed E-state index contributed by atoms with van der Waals surface area (Å²) in [5, 5.41) is 15.1. The number of nitrogens with two attached hydrogens (primary N) is 1. The molecule has 5 N–H and O–H groups in total. The highest BCUT2D eigenvalue weighted by atomic mass is 16.6. The third kappa shape index (κ3) is 8.00. The highest BCUT2D eigenvalue weighted by molar-refractivity contribution is 6.00. The van der Waals surface area contributed by atoms with Gasteiger partial charge in [0.25, 0.3) is 11.8 Å². The molecule has 4 amide bonds. The van der Waals surface area contributed by atoms with Crippen molar-refractivity contribution in [2.45, 2.75) is 58.7 Å². The first-order chi connectivity index (χ1) is 17.2. The molecule has 0 spiro atoms. The molecule has 0 aliphatic heterocycles. The number of primary amides is 1. The van der Waals surface area contributed by atoms with Crippen LogP contribution in [-0.2, 0) is 19.1 Å². The Bertz CT molecular complexity index is 1230. The Labute approximate surface area is 216 Å². The fraction of sp³-hybridized carbons (Fsp3) is 0.333. The maximum Gasteiger partial charge on any atom is 0.408 e. The molecule has 37 heavy (non-hydrogen) atoms. The molecule has 2 aromatic rings. The second-order valence-electron chi connectivity index (χ2n) is 9.46. The van der Waals surface area contributed by atoms with Gasteiger partial charge in [-0.15, -0.1) is 0 Å². The van der Waals surface area contributed by atoms with Gasteiger partial charge in [-0.25, -0.2) is 4.79 Å². The van der Waals surface area contributed by atoms with Gasteiger partial charge in [-0.2, -0.15) is 0 Å². The zero-order valence-electron chi connectivity index (χ0n) is 21.5. The number of phenols is 1. The van der Waals surface area contributed by atoms with E-state index in [1.807, 2.05) is 0 Å². The fourth-order valence-electron chi connectivity index (χ4n) is 3.47. The van der Waals surface area contributed by atoms with Crippen LogP contribution in [0.4, 0.5) is 10.5 Å². The molecule has 10 nitrogen and oxygen atoms in total. The summed E-state index contributed by atoms with van der Waals surface area (Å²) in [5.41, 5.74) is 6.44. The van der Waals surface area contributed by atoms with Crippen molar-refractivity contribution in [1.29, 1.82) is 0 Å². The first kappa shape index (κ1) is 28.7. The van der Waals surface area contributed by atoms with E-state index < -0.39 is 47.9 Å². The summed E-state index contributed by atoms with van der Waals surface area (Å²) >= 11 is 0. The number of terminal acetylenes is 1. The van der Waals surface area contributed by atoms with Crippen molar-refractivity contribution in [3.05, 3.63) is 59.2 Å². The first-order valence-corrected chi connectivity index (χ1v) is 11.5. The van der Waals surface area contributed by atoms with Crippen LogP contribution in [0.1, 0.15) is 49.9 Å². The van der Waals surface area contributed by atoms with E-state index in [2.05, 4.69) is 16.7 Å². The molecular weight excluding hydrogens is 476 g/mol. The molecule has 0 aliphatic carbocycles. The van der Waals surface area contributed by atoms with Crippen molar-refractivity contribution in [3.63, 3.8) is 0 Å². The van der Waals surface area contributed by atoms with E-state index in [9.17, 15) is 24.3 Å². The Kier molecular flexibility index (Phi) is 9.27. The largest absolute Gasteiger partial charge is 0.508 e. The topological polar surface area (TPSA) is 151 Å². The van der Waals surface area contributed by atoms with Crippen LogP contribution in [0.2, 0.25) is 0 Å². The molecule has 2 atom stereocenters. The number of amides is 4. The summed E-state index contributed by atoms with van der Waals surface area (Å²) in [4.78, 5) is 52.0. The highest BCUT2D eigenvalue weighted by Crippen LogP contribution is 2.28. The first-order valence-electron chi connectivity index (χ1n) is 11.5. The van der Waals surface area contributed by atoms with Crippen molar-refractivity contribution in [3.8, 4) is 18.2 Å². The Hall–Kier alpha value is -4.52. The predicted octanol–water partition coefficient (Wildman–Crippen LogP) is 2.88. The van der Waals surface area contributed by atoms with Crippen molar-refractivity contribution in [2.75, 3.05) is 5.32 Å². The van der Waals surface area contributed by atoms with Crippen molar-refractivity contribution < 1.29 is 29.0 Å². The molecule has 0 saturated carbocycles. The molecule has 0 fully saturated rings. The number of hydrogen-bond acceptors (Lipinski definition) is 6. The molecule has 2 aromatic carbocycles. The number of hydrogen-bond donors (Lipinski definition) is 4. The standard InChI is InChI=1S/C27H32N4O6/c1-7-31(25(35)20(15-22(28)33)30-26(36)37-27(4,5)6)23(18-12-13-21(32)17(3)14-18)24(34)29-19-11-9-8-10-16(19)2/h1,8-14,20,23,32H,15H2,2-6H3,(H2,28,33)(H,29,34)(H,30,36). The van der Waals surface area contributed by atoms with E-state index in [1.165, 1.54) is 18.2 Å². The lowest BCUT2D eigenvalue weighted by Gasteiger charge is -2.30. The predicted molar refractivity (Wildman–Crippen MR) is 138 cm³/mol. The van der Waals surface area contributed by atoms with Crippen LogP contribution in [0.3, 0.4) is 0 Å². The van der Waals surface area contributed by atoms with Gasteiger partial charge in [0.1, 0.15) is 23.4 Å². The number of carbonyl (C=O) groups is 4. The van der Waals surface area contributed by atoms with Gasteiger partial charge in [0.05, 0.1) is 6.42 Å². The number of alkyl carbamates (subject to hydrolysis) is 1. The average Bonchev–Trinajstić information content (AvgIpc) is 2.78. The van der Waals surface area contributed by atoms with Crippen LogP contribution in [-0.4, -0.2) is 45.5 Å². The molecule has 2 unspecified atom stereocenters. The molecule has 0 aromatic heterocycles. The van der Waals surface area contributed by atoms with E-state index in [-0.39, 0.29) is 5.75 Å². The number of aromatic hydroxyl groups is 1. The van der Waals surface area contributed by atoms with Crippen LogP contribution >= 0.6 is 0 Å². The molecule has 196 valence electrons. The molecule has 0 saturated heterocycles. The van der Waals surface area contributed by atoms with Gasteiger partial charge in [0.15, 0.2) is 0 Å². The van der Waals surface area contributed by atoms with Crippen LogP contribution in [0.25, 0.3) is 0 Å². The van der Waals surface area contributed by atoms with Gasteiger partial charge >= 0.3 is 6.09 Å². The van der Waals surface area contributed by atoms with Gasteiger partial charge in [-0.05, 0) is 69.5 Å². The van der Waals surface area contributed by atoms with Crippen LogP contribution in [0.5, 0.6) is 5.75 Å². The number of benzene rings is 2. The van der Waals surface area contributed by atoms with Crippen LogP contribution in [0.15, 0.2) is 42.5 Å². The van der Waals surface area contributed by atoms with Crippen LogP contribution in [0, 0.1) is 26.3 Å². The number of para-hydroxylation sites is 1. The summed E-state index contributed by atoms with van der Waals surface area (Å²) < 4.78 is 5.20. The molecule has 10 heteroatoms. The molecular formula is C27H32N4O6. The van der Waals surface area contributed by atoms with Crippen molar-refractivity contribution in [2.24, 2.45) is 5.73 Å². The van der Waals surface area contributed by atoms with E-state index in [1.54, 1.807) is 58.9 Å². The minimum atomic E-state index is -1.50. The lowest BCUT2D eigenvalue weighted by atomic mass is 10.00. The van der Waals surface area contributed by atoms with Crippen molar-refractivity contribution in [1.82, 2.24) is 10.2 Å². The number of anilines is 1. The summed E-state index contributed by atoms with van der Waals surface area (Å²) in [7, 11) is 0. The SMILES string of the molecule is C#CN(C(=O)C(CC(N)=O)NC(=O)OC(C)(C)C)C(C(=O)Nc1ccccc1C)c1ccc(O)c(C)c1. The number of nitrogens with one attached hydrogen (secondary N) is 2. The lowest BCUT2D eigenvalue weighted by molar-refractivity contribution is -0.138. The third-order valence-corrected chi connectivity index (χ3v) is 5.22.